The van der Waals surface area contributed by atoms with Gasteiger partial charge in [0.05, 0.1) is 11.7 Å². The molecule has 5 fully saturated rings. The van der Waals surface area contributed by atoms with E-state index in [1.165, 1.54) is 57.8 Å². The summed E-state index contributed by atoms with van der Waals surface area (Å²) in [6.07, 6.45) is 14.0. The van der Waals surface area contributed by atoms with Crippen molar-refractivity contribution in [3.8, 4) is 0 Å². The summed E-state index contributed by atoms with van der Waals surface area (Å²) >= 11 is 0. The van der Waals surface area contributed by atoms with Crippen molar-refractivity contribution in [3.63, 3.8) is 0 Å². The molecule has 0 aromatic rings. The molecular formula is C28H43NO2. The van der Waals surface area contributed by atoms with Gasteiger partial charge in [0.1, 0.15) is 0 Å². The third-order valence-corrected chi connectivity index (χ3v) is 11.5. The van der Waals surface area contributed by atoms with Crippen molar-refractivity contribution >= 4 is 5.91 Å². The molecule has 6 rings (SSSR count). The lowest BCUT2D eigenvalue weighted by Gasteiger charge is -2.52. The standard InChI is InChI=1S/C28H43NO2/c1-16-5-6-19-18(3)28(31-24(19)13-16)12-9-20-21-7-8-25-27(4,11-10-26(30)29-25)23(21)14-22(20)17(2)15-28/h16,18-21,23-25H,5-15H2,1-4H3,(H,29,30)/t16-,18-,19+,20+,21+,23+,24-,25+,27-,28+/m1/s1. The Hall–Kier alpha value is -0.830. The minimum absolute atomic E-state index is 0.107. The molecule has 0 bridgehead atoms. The Balaban J connectivity index is 1.28. The summed E-state index contributed by atoms with van der Waals surface area (Å²) in [4.78, 5) is 12.1. The molecule has 3 saturated carbocycles. The van der Waals surface area contributed by atoms with Crippen molar-refractivity contribution in [1.82, 2.24) is 5.32 Å². The maximum absolute atomic E-state index is 12.1. The number of carbonyl (C=O) groups is 1. The molecule has 1 N–H and O–H groups in total. The lowest BCUT2D eigenvalue weighted by Crippen LogP contribution is -2.57. The quantitative estimate of drug-likeness (QED) is 0.481. The SMILES string of the molecule is CC1=C2C[C@H]3[C@@H](CC[C@@H]4NC(=O)CC[C@@]43C)[C@@H]2CC[C@@]2(C1)O[C@@H]1C[C@H](C)CC[C@H]1[C@H]2C. The van der Waals surface area contributed by atoms with Crippen LogP contribution in [0.25, 0.3) is 0 Å². The first-order valence-electron chi connectivity index (χ1n) is 13.5. The lowest BCUT2D eigenvalue weighted by molar-refractivity contribution is -0.130. The second-order valence-corrected chi connectivity index (χ2v) is 12.9. The molecule has 10 atom stereocenters. The van der Waals surface area contributed by atoms with Crippen molar-refractivity contribution in [1.29, 1.82) is 0 Å². The Morgan fingerprint density at radius 1 is 1.03 bits per heavy atom. The van der Waals surface area contributed by atoms with E-state index >= 15 is 0 Å². The highest BCUT2D eigenvalue weighted by molar-refractivity contribution is 5.77. The third-order valence-electron chi connectivity index (χ3n) is 11.5. The van der Waals surface area contributed by atoms with Gasteiger partial charge in [-0.05, 0) is 106 Å². The average Bonchev–Trinajstić information content (AvgIpc) is 3.19. The molecular weight excluding hydrogens is 382 g/mol. The number of carbonyl (C=O) groups excluding carboxylic acids is 1. The van der Waals surface area contributed by atoms with Crippen molar-refractivity contribution in [2.45, 2.75) is 116 Å². The smallest absolute Gasteiger partial charge is 0.220 e. The van der Waals surface area contributed by atoms with Crippen molar-refractivity contribution in [2.24, 2.45) is 40.9 Å². The molecule has 172 valence electrons. The fourth-order valence-electron chi connectivity index (χ4n) is 9.67. The Morgan fingerprint density at radius 3 is 2.68 bits per heavy atom. The van der Waals surface area contributed by atoms with E-state index in [0.29, 0.717) is 23.5 Å². The maximum Gasteiger partial charge on any atom is 0.220 e. The molecule has 0 unspecified atom stereocenters. The van der Waals surface area contributed by atoms with Gasteiger partial charge in [0.15, 0.2) is 0 Å². The number of hydrogen-bond donors (Lipinski definition) is 1. The van der Waals surface area contributed by atoms with Gasteiger partial charge in [0, 0.05) is 12.5 Å². The molecule has 6 aliphatic rings. The van der Waals surface area contributed by atoms with Crippen LogP contribution in [0.2, 0.25) is 0 Å². The molecule has 2 aliphatic heterocycles. The Labute approximate surface area is 189 Å². The van der Waals surface area contributed by atoms with E-state index in [9.17, 15) is 4.79 Å². The zero-order chi connectivity index (χ0) is 21.5. The Bertz CT molecular complexity index is 803. The number of hydrogen-bond acceptors (Lipinski definition) is 2. The Morgan fingerprint density at radius 2 is 1.84 bits per heavy atom. The summed E-state index contributed by atoms with van der Waals surface area (Å²) in [5, 5.41) is 3.38. The van der Waals surface area contributed by atoms with Crippen LogP contribution in [0.3, 0.4) is 0 Å². The molecule has 0 aromatic heterocycles. The van der Waals surface area contributed by atoms with Gasteiger partial charge in [-0.1, -0.05) is 38.3 Å². The molecule has 3 heteroatoms. The largest absolute Gasteiger partial charge is 0.371 e. The average molecular weight is 426 g/mol. The minimum atomic E-state index is 0.107. The van der Waals surface area contributed by atoms with E-state index < -0.39 is 0 Å². The van der Waals surface area contributed by atoms with Gasteiger partial charge in [0.2, 0.25) is 5.91 Å². The van der Waals surface area contributed by atoms with E-state index in [1.54, 1.807) is 5.57 Å². The summed E-state index contributed by atoms with van der Waals surface area (Å²) in [7, 11) is 0. The number of ether oxygens (including phenoxy) is 1. The predicted octanol–water partition coefficient (Wildman–Crippen LogP) is 6.03. The number of amides is 1. The first-order chi connectivity index (χ1) is 14.8. The molecule has 1 spiro atoms. The van der Waals surface area contributed by atoms with Crippen molar-refractivity contribution < 1.29 is 9.53 Å². The van der Waals surface area contributed by atoms with Gasteiger partial charge >= 0.3 is 0 Å². The maximum atomic E-state index is 12.1. The number of allylic oxidation sites excluding steroid dienone is 1. The van der Waals surface area contributed by atoms with E-state index in [2.05, 4.69) is 33.0 Å². The summed E-state index contributed by atoms with van der Waals surface area (Å²) in [6, 6.07) is 0.410. The zero-order valence-electron chi connectivity index (χ0n) is 20.2. The molecule has 0 radical (unpaired) electrons. The molecule has 1 amide bonds. The van der Waals surface area contributed by atoms with Crippen LogP contribution in [0.4, 0.5) is 0 Å². The van der Waals surface area contributed by atoms with E-state index in [1.807, 2.05) is 5.57 Å². The second kappa shape index (κ2) is 7.08. The summed E-state index contributed by atoms with van der Waals surface area (Å²) in [6.45, 7) is 9.91. The number of rotatable bonds is 0. The Kier molecular flexibility index (Phi) is 4.74. The first kappa shape index (κ1) is 20.8. The summed E-state index contributed by atoms with van der Waals surface area (Å²) in [5.74, 6) is 4.99. The highest BCUT2D eigenvalue weighted by atomic mass is 16.5. The van der Waals surface area contributed by atoms with Crippen LogP contribution in [0.1, 0.15) is 98.3 Å². The highest BCUT2D eigenvalue weighted by Crippen LogP contribution is 2.63. The van der Waals surface area contributed by atoms with Gasteiger partial charge < -0.3 is 10.1 Å². The zero-order valence-corrected chi connectivity index (χ0v) is 20.2. The van der Waals surface area contributed by atoms with Gasteiger partial charge in [-0.15, -0.1) is 0 Å². The van der Waals surface area contributed by atoms with Crippen molar-refractivity contribution in [3.05, 3.63) is 11.1 Å². The number of piperidine rings is 1. The molecule has 3 nitrogen and oxygen atoms in total. The second-order valence-electron chi connectivity index (χ2n) is 12.9. The van der Waals surface area contributed by atoms with E-state index in [4.69, 9.17) is 4.74 Å². The van der Waals surface area contributed by atoms with Crippen LogP contribution < -0.4 is 5.32 Å². The molecule has 4 aliphatic carbocycles. The van der Waals surface area contributed by atoms with E-state index in [0.717, 1.165) is 42.4 Å². The van der Waals surface area contributed by atoms with E-state index in [-0.39, 0.29) is 11.5 Å². The van der Waals surface area contributed by atoms with Gasteiger partial charge in [-0.2, -0.15) is 0 Å². The predicted molar refractivity (Wildman–Crippen MR) is 123 cm³/mol. The van der Waals surface area contributed by atoms with Crippen LogP contribution in [0, 0.1) is 40.9 Å². The minimum Gasteiger partial charge on any atom is -0.371 e. The molecule has 2 heterocycles. The normalized spacial score (nSPS) is 54.0. The lowest BCUT2D eigenvalue weighted by atomic mass is 9.57. The number of fused-ring (bicyclic) bond motifs is 6. The summed E-state index contributed by atoms with van der Waals surface area (Å²) in [5.41, 5.74) is 3.90. The monoisotopic (exact) mass is 425 g/mol. The topological polar surface area (TPSA) is 38.3 Å². The third kappa shape index (κ3) is 2.97. The molecule has 2 saturated heterocycles. The van der Waals surface area contributed by atoms with Gasteiger partial charge in [-0.25, -0.2) is 0 Å². The van der Waals surface area contributed by atoms with Crippen LogP contribution in [-0.2, 0) is 9.53 Å². The fraction of sp³-hybridized carbons (Fsp3) is 0.893. The summed E-state index contributed by atoms with van der Waals surface area (Å²) < 4.78 is 7.06. The first-order valence-corrected chi connectivity index (χ1v) is 13.5. The number of nitrogens with one attached hydrogen (secondary N) is 1. The fourth-order valence-corrected chi connectivity index (χ4v) is 9.67. The van der Waals surface area contributed by atoms with Crippen LogP contribution in [-0.4, -0.2) is 23.7 Å². The van der Waals surface area contributed by atoms with Crippen LogP contribution >= 0.6 is 0 Å². The van der Waals surface area contributed by atoms with Gasteiger partial charge in [0.25, 0.3) is 0 Å². The van der Waals surface area contributed by atoms with Gasteiger partial charge in [-0.3, -0.25) is 4.79 Å². The molecule has 0 aromatic carbocycles. The van der Waals surface area contributed by atoms with Crippen LogP contribution in [0.15, 0.2) is 11.1 Å². The van der Waals surface area contributed by atoms with Crippen molar-refractivity contribution in [2.75, 3.05) is 0 Å². The highest BCUT2D eigenvalue weighted by Gasteiger charge is 2.59. The molecule has 31 heavy (non-hydrogen) atoms. The van der Waals surface area contributed by atoms with Crippen LogP contribution in [0.5, 0.6) is 0 Å².